The molecule has 4 nitrogen and oxygen atoms in total. The predicted molar refractivity (Wildman–Crippen MR) is 86.0 cm³/mol. The lowest BCUT2D eigenvalue weighted by Crippen LogP contribution is -2.35. The molecular formula is C18H14FN3O. The summed E-state index contributed by atoms with van der Waals surface area (Å²) in [6, 6.07) is 13.5. The standard InChI is InChI=1S/C18H14FN3O/c19-15-8-5-13(6-9-15)11-12-18(21-22-20)16-4-2-1-3-14(16)7-10-17(18)23/h1-10H,11-12H2. The second-order valence-electron chi connectivity index (χ2n) is 5.46. The summed E-state index contributed by atoms with van der Waals surface area (Å²) in [7, 11) is 0. The van der Waals surface area contributed by atoms with E-state index >= 15 is 0 Å². The first kappa shape index (κ1) is 15.0. The molecule has 0 radical (unpaired) electrons. The van der Waals surface area contributed by atoms with Gasteiger partial charge in [-0.25, -0.2) is 4.39 Å². The summed E-state index contributed by atoms with van der Waals surface area (Å²) >= 11 is 0. The Hall–Kier alpha value is -2.91. The molecule has 0 aliphatic heterocycles. The highest BCUT2D eigenvalue weighted by molar-refractivity contribution is 6.04. The normalized spacial score (nSPS) is 19.1. The smallest absolute Gasteiger partial charge is 0.172 e. The summed E-state index contributed by atoms with van der Waals surface area (Å²) in [6.07, 6.45) is 4.04. The minimum atomic E-state index is -1.24. The van der Waals surface area contributed by atoms with E-state index in [1.54, 1.807) is 18.2 Å². The second kappa shape index (κ2) is 6.07. The summed E-state index contributed by atoms with van der Waals surface area (Å²) in [5.41, 5.74) is 10.2. The third-order valence-electron chi connectivity index (χ3n) is 4.13. The zero-order chi connectivity index (χ0) is 16.3. The van der Waals surface area contributed by atoms with Gasteiger partial charge in [-0.3, -0.25) is 4.79 Å². The number of ketones is 1. The molecule has 23 heavy (non-hydrogen) atoms. The Bertz CT molecular complexity index is 822. The van der Waals surface area contributed by atoms with E-state index < -0.39 is 5.54 Å². The van der Waals surface area contributed by atoms with Gasteiger partial charge in [0.25, 0.3) is 0 Å². The molecule has 1 unspecified atom stereocenters. The highest BCUT2D eigenvalue weighted by Gasteiger charge is 2.40. The van der Waals surface area contributed by atoms with Gasteiger partial charge < -0.3 is 0 Å². The van der Waals surface area contributed by atoms with Crippen LogP contribution in [0.1, 0.15) is 23.1 Å². The van der Waals surface area contributed by atoms with Crippen LogP contribution in [0.5, 0.6) is 0 Å². The molecule has 0 heterocycles. The predicted octanol–water partition coefficient (Wildman–Crippen LogP) is 4.56. The van der Waals surface area contributed by atoms with Crippen LogP contribution < -0.4 is 0 Å². The number of benzene rings is 2. The number of nitrogens with zero attached hydrogens (tertiary/aromatic N) is 3. The van der Waals surface area contributed by atoms with Gasteiger partial charge in [-0.05, 0) is 53.3 Å². The molecule has 114 valence electrons. The van der Waals surface area contributed by atoms with Crippen LogP contribution in [-0.4, -0.2) is 5.78 Å². The fourth-order valence-electron chi connectivity index (χ4n) is 2.92. The van der Waals surface area contributed by atoms with E-state index in [4.69, 9.17) is 5.53 Å². The Labute approximate surface area is 132 Å². The van der Waals surface area contributed by atoms with E-state index in [1.807, 2.05) is 24.3 Å². The molecule has 0 bridgehead atoms. The monoisotopic (exact) mass is 307 g/mol. The van der Waals surface area contributed by atoms with Gasteiger partial charge in [0, 0.05) is 4.91 Å². The molecule has 2 aromatic rings. The maximum Gasteiger partial charge on any atom is 0.172 e. The number of rotatable bonds is 4. The van der Waals surface area contributed by atoms with Gasteiger partial charge in [0.05, 0.1) is 0 Å². The maximum atomic E-state index is 13.0. The average molecular weight is 307 g/mol. The van der Waals surface area contributed by atoms with E-state index in [9.17, 15) is 9.18 Å². The van der Waals surface area contributed by atoms with Gasteiger partial charge in [0.15, 0.2) is 5.78 Å². The molecule has 0 saturated heterocycles. The lowest BCUT2D eigenvalue weighted by atomic mass is 9.76. The van der Waals surface area contributed by atoms with Crippen molar-refractivity contribution >= 4 is 11.9 Å². The van der Waals surface area contributed by atoms with Crippen LogP contribution in [0.3, 0.4) is 0 Å². The summed E-state index contributed by atoms with van der Waals surface area (Å²) in [4.78, 5) is 15.5. The third kappa shape index (κ3) is 2.74. The van der Waals surface area contributed by atoms with Crippen molar-refractivity contribution < 1.29 is 9.18 Å². The molecule has 0 amide bonds. The zero-order valence-electron chi connectivity index (χ0n) is 12.3. The largest absolute Gasteiger partial charge is 0.294 e. The molecule has 1 aliphatic carbocycles. The number of hydrogen-bond donors (Lipinski definition) is 0. The van der Waals surface area contributed by atoms with Gasteiger partial charge in [0.1, 0.15) is 11.4 Å². The van der Waals surface area contributed by atoms with E-state index in [2.05, 4.69) is 10.0 Å². The number of halogens is 1. The van der Waals surface area contributed by atoms with E-state index in [1.165, 1.54) is 18.2 Å². The Morgan fingerprint density at radius 1 is 1.09 bits per heavy atom. The molecule has 1 atom stereocenters. The molecular weight excluding hydrogens is 293 g/mol. The Morgan fingerprint density at radius 2 is 1.83 bits per heavy atom. The van der Waals surface area contributed by atoms with Crippen molar-refractivity contribution in [1.29, 1.82) is 0 Å². The van der Waals surface area contributed by atoms with Crippen molar-refractivity contribution in [2.45, 2.75) is 18.4 Å². The summed E-state index contributed by atoms with van der Waals surface area (Å²) in [5.74, 6) is -0.531. The van der Waals surface area contributed by atoms with Crippen molar-refractivity contribution in [2.24, 2.45) is 5.11 Å². The van der Waals surface area contributed by atoms with Gasteiger partial charge in [0.2, 0.25) is 0 Å². The molecule has 0 N–H and O–H groups in total. The highest BCUT2D eigenvalue weighted by Crippen LogP contribution is 2.38. The molecule has 0 fully saturated rings. The minimum Gasteiger partial charge on any atom is -0.294 e. The second-order valence-corrected chi connectivity index (χ2v) is 5.46. The van der Waals surface area contributed by atoms with E-state index in [0.29, 0.717) is 18.4 Å². The number of carbonyl (C=O) groups is 1. The molecule has 0 saturated carbocycles. The molecule has 5 heteroatoms. The quantitative estimate of drug-likeness (QED) is 0.464. The van der Waals surface area contributed by atoms with Crippen molar-refractivity contribution in [3.05, 3.63) is 87.6 Å². The fraction of sp³-hybridized carbons (Fsp3) is 0.167. The van der Waals surface area contributed by atoms with Crippen LogP contribution in [0.4, 0.5) is 4.39 Å². The maximum absolute atomic E-state index is 13.0. The van der Waals surface area contributed by atoms with Crippen molar-refractivity contribution in [1.82, 2.24) is 0 Å². The van der Waals surface area contributed by atoms with Crippen LogP contribution in [0.2, 0.25) is 0 Å². The van der Waals surface area contributed by atoms with Crippen LogP contribution in [0, 0.1) is 5.82 Å². The Kier molecular flexibility index (Phi) is 3.96. The van der Waals surface area contributed by atoms with Crippen LogP contribution in [0.15, 0.2) is 59.7 Å². The molecule has 0 aromatic heterocycles. The van der Waals surface area contributed by atoms with E-state index in [-0.39, 0.29) is 11.6 Å². The fourth-order valence-corrected chi connectivity index (χ4v) is 2.92. The van der Waals surface area contributed by atoms with Gasteiger partial charge in [-0.15, -0.1) is 0 Å². The van der Waals surface area contributed by atoms with E-state index in [0.717, 1.165) is 11.1 Å². The number of aryl methyl sites for hydroxylation is 1. The van der Waals surface area contributed by atoms with Crippen molar-refractivity contribution in [3.63, 3.8) is 0 Å². The first-order chi connectivity index (χ1) is 11.2. The number of carbonyl (C=O) groups excluding carboxylic acids is 1. The lowest BCUT2D eigenvalue weighted by Gasteiger charge is -2.31. The molecule has 0 spiro atoms. The first-order valence-electron chi connectivity index (χ1n) is 7.28. The number of fused-ring (bicyclic) bond motifs is 1. The summed E-state index contributed by atoms with van der Waals surface area (Å²) in [6.45, 7) is 0. The van der Waals surface area contributed by atoms with Crippen LogP contribution in [-0.2, 0) is 16.8 Å². The molecule has 2 aromatic carbocycles. The van der Waals surface area contributed by atoms with Crippen molar-refractivity contribution in [3.8, 4) is 0 Å². The summed E-state index contributed by atoms with van der Waals surface area (Å²) < 4.78 is 13.0. The zero-order valence-corrected chi connectivity index (χ0v) is 12.3. The number of azide groups is 1. The Balaban J connectivity index is 1.99. The van der Waals surface area contributed by atoms with Gasteiger partial charge in [-0.1, -0.05) is 47.6 Å². The lowest BCUT2D eigenvalue weighted by molar-refractivity contribution is -0.120. The SMILES string of the molecule is [N-]=[N+]=NC1(CCc2ccc(F)cc2)C(=O)C=Cc2ccccc21. The third-order valence-corrected chi connectivity index (χ3v) is 4.13. The minimum absolute atomic E-state index is 0.226. The molecule has 3 rings (SSSR count). The van der Waals surface area contributed by atoms with Crippen molar-refractivity contribution in [2.75, 3.05) is 0 Å². The Morgan fingerprint density at radius 3 is 2.57 bits per heavy atom. The topological polar surface area (TPSA) is 65.8 Å². The van der Waals surface area contributed by atoms with Crippen LogP contribution >= 0.6 is 0 Å². The van der Waals surface area contributed by atoms with Gasteiger partial charge >= 0.3 is 0 Å². The first-order valence-corrected chi connectivity index (χ1v) is 7.28. The molecule has 1 aliphatic rings. The highest BCUT2D eigenvalue weighted by atomic mass is 19.1. The number of hydrogen-bond acceptors (Lipinski definition) is 2. The van der Waals surface area contributed by atoms with Gasteiger partial charge in [-0.2, -0.15) is 0 Å². The van der Waals surface area contributed by atoms with Crippen LogP contribution in [0.25, 0.3) is 16.5 Å². The summed E-state index contributed by atoms with van der Waals surface area (Å²) in [5, 5.41) is 3.88. The average Bonchev–Trinajstić information content (AvgIpc) is 2.58.